The predicted molar refractivity (Wildman–Crippen MR) is 109 cm³/mol. The molecular weight excluding hydrogens is 391 g/mol. The lowest BCUT2D eigenvalue weighted by molar-refractivity contribution is -0.122. The molecule has 0 aliphatic carbocycles. The van der Waals surface area contributed by atoms with Crippen molar-refractivity contribution in [2.45, 2.75) is 13.8 Å². The first-order chi connectivity index (χ1) is 12.4. The first-order valence-corrected chi connectivity index (χ1v) is 9.44. The highest BCUT2D eigenvalue weighted by Crippen LogP contribution is 2.35. The summed E-state index contributed by atoms with van der Waals surface area (Å²) >= 11 is 13.2. The van der Waals surface area contributed by atoms with Crippen molar-refractivity contribution >= 4 is 57.9 Å². The van der Waals surface area contributed by atoms with E-state index in [0.29, 0.717) is 20.5 Å². The number of carbonyl (C=O) groups excluding carboxylic acids is 2. The molecule has 1 aliphatic heterocycles. The number of carbonyl (C=O) groups is 2. The number of nitrogens with one attached hydrogen (secondary N) is 1. The van der Waals surface area contributed by atoms with Gasteiger partial charge in [0.25, 0.3) is 11.1 Å². The lowest BCUT2D eigenvalue weighted by atomic mass is 10.1. The Morgan fingerprint density at radius 1 is 1.12 bits per heavy atom. The van der Waals surface area contributed by atoms with Crippen LogP contribution >= 0.6 is 35.0 Å². The molecule has 2 aromatic rings. The van der Waals surface area contributed by atoms with Crippen LogP contribution in [0, 0.1) is 13.8 Å². The van der Waals surface area contributed by atoms with Gasteiger partial charge >= 0.3 is 0 Å². The third-order valence-corrected chi connectivity index (χ3v) is 5.52. The summed E-state index contributed by atoms with van der Waals surface area (Å²) in [4.78, 5) is 26.3. The van der Waals surface area contributed by atoms with Crippen molar-refractivity contribution in [3.8, 4) is 0 Å². The number of aryl methyl sites for hydroxylation is 2. The van der Waals surface area contributed by atoms with E-state index in [1.54, 1.807) is 24.3 Å². The third kappa shape index (κ3) is 3.90. The van der Waals surface area contributed by atoms with Crippen LogP contribution in [0.2, 0.25) is 10.0 Å². The summed E-state index contributed by atoms with van der Waals surface area (Å²) in [6, 6.07) is 11.0. The summed E-state index contributed by atoms with van der Waals surface area (Å²) in [6.45, 7) is 4.09. The maximum Gasteiger partial charge on any atom is 0.295 e. The number of rotatable bonds is 4. The summed E-state index contributed by atoms with van der Waals surface area (Å²) in [5.74, 6) is -0.367. The number of imide groups is 1. The molecule has 134 valence electrons. The smallest absolute Gasteiger partial charge is 0.295 e. The quantitative estimate of drug-likeness (QED) is 0.659. The fraction of sp³-hybridized carbons (Fsp3) is 0.158. The largest absolute Gasteiger partial charge is 0.367 e. The van der Waals surface area contributed by atoms with Crippen LogP contribution in [0.1, 0.15) is 16.7 Å². The molecule has 2 aromatic carbocycles. The van der Waals surface area contributed by atoms with Gasteiger partial charge < -0.3 is 5.32 Å². The molecule has 1 N–H and O–H groups in total. The van der Waals surface area contributed by atoms with E-state index < -0.39 is 0 Å². The number of hydrogen-bond donors (Lipinski definition) is 1. The number of hydrogen-bond acceptors (Lipinski definition) is 4. The molecule has 0 aromatic heterocycles. The van der Waals surface area contributed by atoms with E-state index >= 15 is 0 Å². The van der Waals surface area contributed by atoms with Crippen LogP contribution in [0.15, 0.2) is 41.3 Å². The highest BCUT2D eigenvalue weighted by molar-refractivity contribution is 8.18. The molecular formula is C19H16Cl2N2O2S. The number of nitrogens with zero attached hydrogens (tertiary/aromatic N) is 1. The highest BCUT2D eigenvalue weighted by Gasteiger charge is 2.35. The number of halogens is 2. The monoisotopic (exact) mass is 406 g/mol. The number of benzene rings is 2. The standard InChI is InChI=1S/C19H16Cl2N2O2S/c1-11-6-7-16(12(2)8-11)22-10-23-18(24)17(26-19(23)25)9-13-14(20)4-3-5-15(13)21/h3-9,22H,10H2,1-2H3. The topological polar surface area (TPSA) is 49.4 Å². The molecule has 1 fully saturated rings. The van der Waals surface area contributed by atoms with Crippen molar-refractivity contribution in [2.24, 2.45) is 0 Å². The van der Waals surface area contributed by atoms with Crippen molar-refractivity contribution in [3.63, 3.8) is 0 Å². The summed E-state index contributed by atoms with van der Waals surface area (Å²) in [5.41, 5.74) is 3.62. The van der Waals surface area contributed by atoms with Crippen LogP contribution in [-0.2, 0) is 4.79 Å². The van der Waals surface area contributed by atoms with Crippen LogP contribution in [0.4, 0.5) is 10.5 Å². The van der Waals surface area contributed by atoms with Gasteiger partial charge in [-0.1, -0.05) is 47.0 Å². The fourth-order valence-corrected chi connectivity index (χ4v) is 3.92. The molecule has 4 nitrogen and oxygen atoms in total. The maximum atomic E-state index is 12.6. The third-order valence-electron chi connectivity index (χ3n) is 3.96. The fourth-order valence-electron chi connectivity index (χ4n) is 2.59. The van der Waals surface area contributed by atoms with Gasteiger partial charge in [-0.15, -0.1) is 0 Å². The van der Waals surface area contributed by atoms with Crippen LogP contribution in [-0.4, -0.2) is 22.7 Å². The minimum atomic E-state index is -0.367. The van der Waals surface area contributed by atoms with Crippen molar-refractivity contribution in [2.75, 3.05) is 12.0 Å². The zero-order chi connectivity index (χ0) is 18.8. The molecule has 0 atom stereocenters. The second kappa shape index (κ2) is 7.74. The normalized spacial score (nSPS) is 15.8. The van der Waals surface area contributed by atoms with E-state index in [9.17, 15) is 9.59 Å². The lowest BCUT2D eigenvalue weighted by Crippen LogP contribution is -2.33. The minimum Gasteiger partial charge on any atom is -0.367 e. The number of thioether (sulfide) groups is 1. The molecule has 0 unspecified atom stereocenters. The van der Waals surface area contributed by atoms with Crippen LogP contribution in [0.3, 0.4) is 0 Å². The Bertz CT molecular complexity index is 908. The Morgan fingerprint density at radius 3 is 2.46 bits per heavy atom. The van der Waals surface area contributed by atoms with E-state index in [0.717, 1.165) is 28.6 Å². The molecule has 0 saturated carbocycles. The van der Waals surface area contributed by atoms with Crippen molar-refractivity contribution in [3.05, 3.63) is 68.0 Å². The van der Waals surface area contributed by atoms with Gasteiger partial charge in [0.1, 0.15) is 0 Å². The van der Waals surface area contributed by atoms with Crippen molar-refractivity contribution in [1.29, 1.82) is 0 Å². The van der Waals surface area contributed by atoms with Gasteiger partial charge in [-0.05, 0) is 55.4 Å². The second-order valence-electron chi connectivity index (χ2n) is 5.90. The Balaban J connectivity index is 1.78. The van der Waals surface area contributed by atoms with Crippen LogP contribution < -0.4 is 5.32 Å². The lowest BCUT2D eigenvalue weighted by Gasteiger charge is -2.16. The van der Waals surface area contributed by atoms with Gasteiger partial charge in [0.15, 0.2) is 0 Å². The van der Waals surface area contributed by atoms with E-state index in [-0.39, 0.29) is 17.8 Å². The molecule has 0 spiro atoms. The van der Waals surface area contributed by atoms with Gasteiger partial charge in [-0.25, -0.2) is 0 Å². The van der Waals surface area contributed by atoms with Gasteiger partial charge in [0.2, 0.25) is 0 Å². The van der Waals surface area contributed by atoms with Crippen molar-refractivity contribution < 1.29 is 9.59 Å². The van der Waals surface area contributed by atoms with E-state index in [1.807, 2.05) is 32.0 Å². The number of amides is 2. The highest BCUT2D eigenvalue weighted by atomic mass is 35.5. The zero-order valence-corrected chi connectivity index (χ0v) is 16.5. The molecule has 3 rings (SSSR count). The molecule has 7 heteroatoms. The SMILES string of the molecule is Cc1ccc(NCN2C(=O)SC(=Cc3c(Cl)cccc3Cl)C2=O)c(C)c1. The molecule has 1 heterocycles. The first kappa shape index (κ1) is 18.8. The molecule has 1 aliphatic rings. The average molecular weight is 407 g/mol. The van der Waals surface area contributed by atoms with Gasteiger partial charge in [-0.2, -0.15) is 0 Å². The van der Waals surface area contributed by atoms with Crippen LogP contribution in [0.5, 0.6) is 0 Å². The Kier molecular flexibility index (Phi) is 5.61. The summed E-state index contributed by atoms with van der Waals surface area (Å²) in [5, 5.41) is 3.67. The van der Waals surface area contributed by atoms with Gasteiger partial charge in [0.05, 0.1) is 11.6 Å². The molecule has 0 radical (unpaired) electrons. The second-order valence-corrected chi connectivity index (χ2v) is 7.71. The Morgan fingerprint density at radius 2 is 1.81 bits per heavy atom. The van der Waals surface area contributed by atoms with Crippen LogP contribution in [0.25, 0.3) is 6.08 Å². The zero-order valence-electron chi connectivity index (χ0n) is 14.2. The number of anilines is 1. The van der Waals surface area contributed by atoms with E-state index in [2.05, 4.69) is 5.32 Å². The summed E-state index contributed by atoms with van der Waals surface area (Å²) in [6.07, 6.45) is 1.56. The summed E-state index contributed by atoms with van der Waals surface area (Å²) < 4.78 is 0. The maximum absolute atomic E-state index is 12.6. The van der Waals surface area contributed by atoms with Gasteiger partial charge in [-0.3, -0.25) is 14.5 Å². The predicted octanol–water partition coefficient (Wildman–Crippen LogP) is 5.72. The molecule has 0 bridgehead atoms. The van der Waals surface area contributed by atoms with Gasteiger partial charge in [0, 0.05) is 21.3 Å². The molecule has 2 amide bonds. The average Bonchev–Trinajstić information content (AvgIpc) is 2.84. The van der Waals surface area contributed by atoms with Crippen molar-refractivity contribution in [1.82, 2.24) is 4.90 Å². The molecule has 1 saturated heterocycles. The first-order valence-electron chi connectivity index (χ1n) is 7.87. The molecule has 26 heavy (non-hydrogen) atoms. The van der Waals surface area contributed by atoms with E-state index in [4.69, 9.17) is 23.2 Å². The Hall–Kier alpha value is -1.95. The summed E-state index contributed by atoms with van der Waals surface area (Å²) in [7, 11) is 0. The Labute approximate surface area is 166 Å². The minimum absolute atomic E-state index is 0.0994. The van der Waals surface area contributed by atoms with E-state index in [1.165, 1.54) is 4.90 Å².